The first kappa shape index (κ1) is 41.4. The van der Waals surface area contributed by atoms with E-state index in [4.69, 9.17) is 0 Å². The van der Waals surface area contributed by atoms with Gasteiger partial charge in [-0.1, -0.05) is 156 Å². The first-order valence-corrected chi connectivity index (χ1v) is 26.1. The van der Waals surface area contributed by atoms with Crippen LogP contribution in [0.1, 0.15) is 167 Å². The van der Waals surface area contributed by atoms with Crippen LogP contribution in [0, 0.1) is 20.8 Å². The van der Waals surface area contributed by atoms with Crippen LogP contribution in [0.25, 0.3) is 65.7 Å². The molecule has 0 spiro atoms. The van der Waals surface area contributed by atoms with E-state index in [9.17, 15) is 0 Å². The summed E-state index contributed by atoms with van der Waals surface area (Å²) in [5.74, 6) is 0. The Morgan fingerprint density at radius 2 is 0.471 bits per heavy atom. The topological polar surface area (TPSA) is 3.24 Å². The number of hydrogen-bond acceptors (Lipinski definition) is 1. The summed E-state index contributed by atoms with van der Waals surface area (Å²) in [5.41, 5.74) is 32.7. The highest BCUT2D eigenvalue weighted by atomic mass is 15.1. The Morgan fingerprint density at radius 1 is 0.257 bits per heavy atom. The molecule has 0 N–H and O–H groups in total. The van der Waals surface area contributed by atoms with Crippen molar-refractivity contribution in [3.8, 4) is 33.4 Å². The molecule has 0 bridgehead atoms. The summed E-state index contributed by atoms with van der Waals surface area (Å²) in [7, 11) is 0. The third kappa shape index (κ3) is 4.36. The lowest BCUT2D eigenvalue weighted by atomic mass is 9.67. The second-order valence-electron chi connectivity index (χ2n) is 25.9. The first-order chi connectivity index (χ1) is 33.0. The molecule has 0 aliphatic heterocycles. The molecule has 0 radical (unpaired) electrons. The van der Waals surface area contributed by atoms with Gasteiger partial charge in [0.25, 0.3) is 0 Å². The van der Waals surface area contributed by atoms with Crippen molar-refractivity contribution >= 4 is 49.4 Å². The molecule has 6 aliphatic rings. The van der Waals surface area contributed by atoms with E-state index in [1.807, 2.05) is 0 Å². The maximum Gasteiger partial charge on any atom is 0.0468 e. The standard InChI is InChI=1S/C69H63N/c1-34-25-46-61-55-40(34)19-16-22-43(55)64(4,5)49-28-37(31-52(58(49)61)67(46,10)11)70(38-29-50-59-53(32-38)68(12,13)47-26-35(2)41-20-17-23-44(65(50,6)7)56(41)62(47)59)39-30-51-60-54(33-39)69(14,15)48-27-36(3)42-21-18-24-45(66(51,8)9)57(42)63(48)60/h16-33H,1-15H3. The number of aryl methyl sites for hydroxylation is 3. The van der Waals surface area contributed by atoms with Gasteiger partial charge in [-0.15, -0.1) is 0 Å². The highest BCUT2D eigenvalue weighted by molar-refractivity contribution is 6.13. The average Bonchev–Trinajstić information content (AvgIpc) is 3.78. The molecular formula is C69H63N. The molecule has 9 aromatic rings. The monoisotopic (exact) mass is 905 g/mol. The predicted molar refractivity (Wildman–Crippen MR) is 297 cm³/mol. The zero-order chi connectivity index (χ0) is 48.6. The van der Waals surface area contributed by atoms with E-state index < -0.39 is 0 Å². The highest BCUT2D eigenvalue weighted by Gasteiger charge is 2.50. The van der Waals surface area contributed by atoms with Crippen LogP contribution in [0.5, 0.6) is 0 Å². The van der Waals surface area contributed by atoms with Gasteiger partial charge in [-0.25, -0.2) is 0 Å². The Morgan fingerprint density at radius 3 is 0.714 bits per heavy atom. The summed E-state index contributed by atoms with van der Waals surface area (Å²) < 4.78 is 0. The normalized spacial score (nSPS) is 18.9. The van der Waals surface area contributed by atoms with Gasteiger partial charge in [0.1, 0.15) is 0 Å². The van der Waals surface area contributed by atoms with Crippen LogP contribution in [0.3, 0.4) is 0 Å². The van der Waals surface area contributed by atoms with Crippen molar-refractivity contribution < 1.29 is 0 Å². The molecule has 0 unspecified atom stereocenters. The summed E-state index contributed by atoms with van der Waals surface area (Å²) in [6.07, 6.45) is 0. The minimum atomic E-state index is -0.227. The maximum absolute atomic E-state index is 2.73. The lowest BCUT2D eigenvalue weighted by Gasteiger charge is -2.39. The summed E-state index contributed by atoms with van der Waals surface area (Å²) in [5, 5.41) is 8.56. The van der Waals surface area contributed by atoms with Crippen LogP contribution in [-0.4, -0.2) is 0 Å². The van der Waals surface area contributed by atoms with Crippen LogP contribution in [0.15, 0.2) is 109 Å². The molecule has 0 aromatic heterocycles. The van der Waals surface area contributed by atoms with Gasteiger partial charge in [-0.2, -0.15) is 0 Å². The van der Waals surface area contributed by atoms with Gasteiger partial charge in [0.2, 0.25) is 0 Å². The van der Waals surface area contributed by atoms with Gasteiger partial charge in [0, 0.05) is 49.6 Å². The van der Waals surface area contributed by atoms with Gasteiger partial charge in [0.15, 0.2) is 0 Å². The van der Waals surface area contributed by atoms with Crippen molar-refractivity contribution in [3.63, 3.8) is 0 Å². The fourth-order valence-corrected chi connectivity index (χ4v) is 16.1. The van der Waals surface area contributed by atoms with E-state index in [1.54, 1.807) is 0 Å². The van der Waals surface area contributed by atoms with E-state index in [2.05, 4.69) is 218 Å². The molecule has 6 aliphatic carbocycles. The van der Waals surface area contributed by atoms with Crippen LogP contribution < -0.4 is 4.90 Å². The van der Waals surface area contributed by atoms with Gasteiger partial charge in [-0.3, -0.25) is 0 Å². The molecule has 0 fully saturated rings. The Hall–Kier alpha value is -6.44. The van der Waals surface area contributed by atoms with Gasteiger partial charge in [-0.05, 0) is 206 Å². The fraction of sp³-hybridized carbons (Fsp3) is 0.304. The lowest BCUT2D eigenvalue weighted by molar-refractivity contribution is 0.637. The largest absolute Gasteiger partial charge is 0.310 e. The second kappa shape index (κ2) is 12.0. The van der Waals surface area contributed by atoms with E-state index in [-0.39, 0.29) is 32.5 Å². The third-order valence-electron chi connectivity index (χ3n) is 20.1. The zero-order valence-corrected chi connectivity index (χ0v) is 43.8. The van der Waals surface area contributed by atoms with E-state index in [0.717, 1.165) is 0 Å². The van der Waals surface area contributed by atoms with E-state index in [1.165, 1.54) is 166 Å². The average molecular weight is 906 g/mol. The summed E-state index contributed by atoms with van der Waals surface area (Å²) in [6, 6.07) is 44.6. The van der Waals surface area contributed by atoms with Crippen molar-refractivity contribution in [1.29, 1.82) is 0 Å². The molecule has 70 heavy (non-hydrogen) atoms. The molecule has 1 heteroatoms. The molecule has 0 atom stereocenters. The molecule has 0 heterocycles. The molecule has 9 aromatic carbocycles. The van der Waals surface area contributed by atoms with Crippen molar-refractivity contribution in [1.82, 2.24) is 0 Å². The molecule has 0 saturated heterocycles. The molecule has 1 nitrogen and oxygen atoms in total. The van der Waals surface area contributed by atoms with Crippen molar-refractivity contribution in [2.75, 3.05) is 4.90 Å². The maximum atomic E-state index is 2.73. The Bertz CT molecular complexity index is 3660. The van der Waals surface area contributed by atoms with Crippen LogP contribution in [0.2, 0.25) is 0 Å². The van der Waals surface area contributed by atoms with Crippen LogP contribution in [0.4, 0.5) is 17.1 Å². The summed E-state index contributed by atoms with van der Waals surface area (Å²) in [4.78, 5) is 2.73. The van der Waals surface area contributed by atoms with Crippen molar-refractivity contribution in [3.05, 3.63) is 193 Å². The predicted octanol–water partition coefficient (Wildman–Crippen LogP) is 18.4. The molecular weight excluding hydrogens is 843 g/mol. The fourth-order valence-electron chi connectivity index (χ4n) is 16.1. The summed E-state index contributed by atoms with van der Waals surface area (Å²) in [6.45, 7) is 36.9. The summed E-state index contributed by atoms with van der Waals surface area (Å²) >= 11 is 0. The molecule has 344 valence electrons. The number of benzene rings is 9. The third-order valence-corrected chi connectivity index (χ3v) is 20.1. The second-order valence-corrected chi connectivity index (χ2v) is 25.9. The molecule has 0 amide bonds. The smallest absolute Gasteiger partial charge is 0.0468 e. The quantitative estimate of drug-likeness (QED) is 0.171. The van der Waals surface area contributed by atoms with Crippen LogP contribution >= 0.6 is 0 Å². The van der Waals surface area contributed by atoms with Gasteiger partial charge >= 0.3 is 0 Å². The lowest BCUT2D eigenvalue weighted by Crippen LogP contribution is -2.27. The van der Waals surface area contributed by atoms with Crippen molar-refractivity contribution in [2.45, 2.75) is 136 Å². The molecule has 15 rings (SSSR count). The minimum Gasteiger partial charge on any atom is -0.310 e. The zero-order valence-electron chi connectivity index (χ0n) is 43.8. The first-order valence-electron chi connectivity index (χ1n) is 26.1. The van der Waals surface area contributed by atoms with E-state index in [0.29, 0.717) is 0 Å². The van der Waals surface area contributed by atoms with Gasteiger partial charge in [0.05, 0.1) is 0 Å². The van der Waals surface area contributed by atoms with E-state index >= 15 is 0 Å². The SMILES string of the molecule is Cc1cc2c3c4c(cccc14)C(C)(C)c1cc(N(c4cc5c6c(c4)C(C)(C)c4cccc7c(C)cc(c-6c47)C5(C)C)c4cc5c6c(c4)C(C)(C)c4cccc7c(C)cc(c-6c47)C5(C)C)cc(c1-3)C2(C)C. The number of rotatable bonds is 3. The van der Waals surface area contributed by atoms with Crippen molar-refractivity contribution in [2.24, 2.45) is 0 Å². The minimum absolute atomic E-state index is 0.196. The number of nitrogens with zero attached hydrogens (tertiary/aromatic N) is 1. The Kier molecular flexibility index (Phi) is 7.09. The number of anilines is 3. The molecule has 0 saturated carbocycles. The van der Waals surface area contributed by atoms with Gasteiger partial charge < -0.3 is 4.90 Å². The Balaban J connectivity index is 1.08. The van der Waals surface area contributed by atoms with Crippen LogP contribution in [-0.2, 0) is 32.5 Å². The number of hydrogen-bond donors (Lipinski definition) is 0. The Labute approximate surface area is 414 Å². The highest BCUT2D eigenvalue weighted by Crippen LogP contribution is 2.66.